The molecule has 39 heavy (non-hydrogen) atoms. The third-order valence-electron chi connectivity index (χ3n) is 7.52. The molecule has 6 rings (SSSR count). The molecule has 0 spiro atoms. The van der Waals surface area contributed by atoms with Gasteiger partial charge in [-0.1, -0.05) is 0 Å². The number of nitrogens with one attached hydrogen (secondary N) is 2. The Kier molecular flexibility index (Phi) is 7.80. The van der Waals surface area contributed by atoms with Gasteiger partial charge in [-0.15, -0.1) is 11.3 Å². The van der Waals surface area contributed by atoms with Gasteiger partial charge < -0.3 is 23.7 Å². The number of hydrogen-bond acceptors (Lipinski definition) is 8. The molecule has 2 aromatic heterocycles. The van der Waals surface area contributed by atoms with Crippen molar-refractivity contribution in [2.45, 2.75) is 44.4 Å². The normalized spacial score (nSPS) is 20.0. The van der Waals surface area contributed by atoms with E-state index in [0.29, 0.717) is 35.6 Å². The second-order valence-electron chi connectivity index (χ2n) is 10.2. The van der Waals surface area contributed by atoms with Crippen LogP contribution in [0.4, 0.5) is 21.3 Å². The smallest absolute Gasteiger partial charge is 0.412 e. The quantitative estimate of drug-likeness (QED) is 0.410. The lowest BCUT2D eigenvalue weighted by atomic mass is 10.0. The van der Waals surface area contributed by atoms with E-state index in [2.05, 4.69) is 15.5 Å². The predicted octanol–water partition coefficient (Wildman–Crippen LogP) is 4.91. The number of carbonyl (C=O) groups is 2. The predicted molar refractivity (Wildman–Crippen MR) is 149 cm³/mol. The van der Waals surface area contributed by atoms with Crippen molar-refractivity contribution < 1.29 is 23.8 Å². The lowest BCUT2D eigenvalue weighted by Gasteiger charge is -2.26. The van der Waals surface area contributed by atoms with E-state index in [1.54, 1.807) is 0 Å². The molecule has 2 N–H and O–H groups in total. The lowest BCUT2D eigenvalue weighted by Crippen LogP contribution is -2.38. The number of benzene rings is 1. The lowest BCUT2D eigenvalue weighted by molar-refractivity contribution is -0.0951. The highest BCUT2D eigenvalue weighted by atomic mass is 32.1. The Morgan fingerprint density at radius 2 is 1.87 bits per heavy atom. The average molecular weight is 552 g/mol. The molecule has 0 unspecified atom stereocenters. The number of amides is 2. The fourth-order valence-corrected chi connectivity index (χ4v) is 6.10. The molecule has 3 fully saturated rings. The molecule has 0 aliphatic carbocycles. The fourth-order valence-electron chi connectivity index (χ4n) is 5.34. The molecule has 206 valence electrons. The molecular formula is C28H33N5O5S. The maximum absolute atomic E-state index is 13.1. The van der Waals surface area contributed by atoms with Crippen molar-refractivity contribution in [3.05, 3.63) is 59.4 Å². The zero-order valence-corrected chi connectivity index (χ0v) is 22.5. The molecule has 11 heteroatoms. The summed E-state index contributed by atoms with van der Waals surface area (Å²) in [4.78, 5) is 32.2. The Bertz CT molecular complexity index is 1280. The second kappa shape index (κ2) is 11.8. The zero-order valence-electron chi connectivity index (χ0n) is 21.7. The van der Waals surface area contributed by atoms with Crippen molar-refractivity contribution in [1.82, 2.24) is 9.55 Å². The Morgan fingerprint density at radius 3 is 2.64 bits per heavy atom. The molecule has 1 aromatic carbocycles. The summed E-state index contributed by atoms with van der Waals surface area (Å²) in [7, 11) is 0. The van der Waals surface area contributed by atoms with Crippen LogP contribution in [-0.4, -0.2) is 60.6 Å². The van der Waals surface area contributed by atoms with E-state index < -0.39 is 6.09 Å². The van der Waals surface area contributed by atoms with Gasteiger partial charge in [0.15, 0.2) is 11.2 Å². The molecule has 3 aliphatic heterocycles. The number of ether oxygens (including phenoxy) is 3. The highest BCUT2D eigenvalue weighted by molar-refractivity contribution is 7.14. The largest absolute Gasteiger partial charge is 0.441 e. The minimum Gasteiger partial charge on any atom is -0.441 e. The summed E-state index contributed by atoms with van der Waals surface area (Å²) in [6.45, 7) is 4.23. The van der Waals surface area contributed by atoms with E-state index in [-0.39, 0.29) is 18.1 Å². The van der Waals surface area contributed by atoms with Crippen molar-refractivity contribution in [3.8, 4) is 0 Å². The van der Waals surface area contributed by atoms with Gasteiger partial charge in [0.1, 0.15) is 5.69 Å². The first-order valence-corrected chi connectivity index (χ1v) is 14.4. The fraction of sp³-hybridized carbons (Fsp3) is 0.464. The summed E-state index contributed by atoms with van der Waals surface area (Å²) < 4.78 is 17.8. The molecule has 0 saturated carbocycles. The summed E-state index contributed by atoms with van der Waals surface area (Å²) in [5.41, 5.74) is 3.35. The van der Waals surface area contributed by atoms with E-state index in [0.717, 1.165) is 63.4 Å². The van der Waals surface area contributed by atoms with Crippen LogP contribution in [0.2, 0.25) is 0 Å². The van der Waals surface area contributed by atoms with Crippen molar-refractivity contribution in [2.75, 3.05) is 48.5 Å². The maximum Gasteiger partial charge on any atom is 0.412 e. The standard InChI is InChI=1S/C28H33N5O5S/c34-26(25-4-1-11-32(25)15-19-9-13-36-14-10-19)31-27-30-23(18-39-27)24-3-2-12-33(24)21-7-5-20(6-8-21)29-28(35)38-22-16-37-17-22/h1,4-8,11,18-19,22,24H,2-3,9-10,12-17H2,(H,29,35)(H,30,31,34)/t24-/m1/s1. The molecule has 0 bridgehead atoms. The molecule has 2 amide bonds. The van der Waals surface area contributed by atoms with E-state index in [1.165, 1.54) is 11.3 Å². The molecule has 5 heterocycles. The maximum atomic E-state index is 13.1. The Morgan fingerprint density at radius 1 is 1.05 bits per heavy atom. The van der Waals surface area contributed by atoms with Gasteiger partial charge in [0.05, 0.1) is 24.9 Å². The Labute approximate surface area is 231 Å². The zero-order chi connectivity index (χ0) is 26.6. The van der Waals surface area contributed by atoms with E-state index in [4.69, 9.17) is 19.2 Å². The molecule has 3 saturated heterocycles. The summed E-state index contributed by atoms with van der Waals surface area (Å²) in [6.07, 6.45) is 5.43. The van der Waals surface area contributed by atoms with Gasteiger partial charge in [-0.05, 0) is 68.0 Å². The van der Waals surface area contributed by atoms with Crippen molar-refractivity contribution in [2.24, 2.45) is 5.92 Å². The van der Waals surface area contributed by atoms with Gasteiger partial charge in [-0.25, -0.2) is 9.78 Å². The van der Waals surface area contributed by atoms with Crippen LogP contribution in [0.5, 0.6) is 0 Å². The molecule has 3 aliphatic rings. The highest BCUT2D eigenvalue weighted by Crippen LogP contribution is 2.37. The average Bonchev–Trinajstić information content (AvgIpc) is 3.68. The van der Waals surface area contributed by atoms with E-state index >= 15 is 0 Å². The number of anilines is 3. The van der Waals surface area contributed by atoms with Crippen LogP contribution < -0.4 is 15.5 Å². The third kappa shape index (κ3) is 6.10. The van der Waals surface area contributed by atoms with Crippen LogP contribution in [0.1, 0.15) is 47.9 Å². The number of rotatable bonds is 8. The summed E-state index contributed by atoms with van der Waals surface area (Å²) >= 11 is 1.46. The Balaban J connectivity index is 1.07. The van der Waals surface area contributed by atoms with Gasteiger partial charge in [0.2, 0.25) is 0 Å². The minimum absolute atomic E-state index is 0.131. The SMILES string of the molecule is O=C(Nc1ccc(N2CCC[C@@H]2c2csc(NC(=O)c3cccn3CC3CCOCC3)n2)cc1)OC1COC1. The van der Waals surface area contributed by atoms with Gasteiger partial charge in [-0.2, -0.15) is 0 Å². The van der Waals surface area contributed by atoms with Gasteiger partial charge >= 0.3 is 6.09 Å². The van der Waals surface area contributed by atoms with Crippen LogP contribution in [0.15, 0.2) is 48.0 Å². The van der Waals surface area contributed by atoms with Crippen molar-refractivity contribution in [1.29, 1.82) is 0 Å². The topological polar surface area (TPSA) is 107 Å². The van der Waals surface area contributed by atoms with E-state index in [1.807, 2.05) is 52.5 Å². The minimum atomic E-state index is -0.469. The van der Waals surface area contributed by atoms with Crippen molar-refractivity contribution in [3.63, 3.8) is 0 Å². The number of aromatic nitrogens is 2. The van der Waals surface area contributed by atoms with Crippen LogP contribution in [0, 0.1) is 5.92 Å². The first-order valence-electron chi connectivity index (χ1n) is 13.5. The van der Waals surface area contributed by atoms with Crippen LogP contribution in [-0.2, 0) is 20.8 Å². The number of carbonyl (C=O) groups excluding carboxylic acids is 2. The molecule has 1 atom stereocenters. The van der Waals surface area contributed by atoms with Crippen LogP contribution >= 0.6 is 11.3 Å². The first-order chi connectivity index (χ1) is 19.1. The van der Waals surface area contributed by atoms with Gasteiger partial charge in [0, 0.05) is 49.3 Å². The Hall–Kier alpha value is -3.41. The second-order valence-corrected chi connectivity index (χ2v) is 11.1. The number of thiazole rings is 1. The highest BCUT2D eigenvalue weighted by Gasteiger charge is 2.29. The molecule has 10 nitrogen and oxygen atoms in total. The first kappa shape index (κ1) is 25.8. The van der Waals surface area contributed by atoms with E-state index in [9.17, 15) is 9.59 Å². The van der Waals surface area contributed by atoms with Gasteiger partial charge in [0.25, 0.3) is 5.91 Å². The molecule has 3 aromatic rings. The number of nitrogens with zero attached hydrogens (tertiary/aromatic N) is 3. The van der Waals surface area contributed by atoms with Crippen LogP contribution in [0.25, 0.3) is 0 Å². The molecular weight excluding hydrogens is 518 g/mol. The van der Waals surface area contributed by atoms with Crippen molar-refractivity contribution >= 4 is 39.8 Å². The monoisotopic (exact) mass is 551 g/mol. The third-order valence-corrected chi connectivity index (χ3v) is 8.30. The summed E-state index contributed by atoms with van der Waals surface area (Å²) in [6, 6.07) is 11.7. The number of hydrogen-bond donors (Lipinski definition) is 2. The molecule has 0 radical (unpaired) electrons. The van der Waals surface area contributed by atoms with Crippen LogP contribution in [0.3, 0.4) is 0 Å². The summed E-state index contributed by atoms with van der Waals surface area (Å²) in [5.74, 6) is 0.390. The summed E-state index contributed by atoms with van der Waals surface area (Å²) in [5, 5.41) is 8.42. The van der Waals surface area contributed by atoms with Gasteiger partial charge in [-0.3, -0.25) is 15.4 Å².